The van der Waals surface area contributed by atoms with E-state index in [1.165, 1.54) is 12.1 Å². The molecule has 1 aromatic rings. The maximum Gasteiger partial charge on any atom is 0.416 e. The summed E-state index contributed by atoms with van der Waals surface area (Å²) in [6.45, 7) is 3.18. The van der Waals surface area contributed by atoms with Gasteiger partial charge in [-0.3, -0.25) is 0 Å². The van der Waals surface area contributed by atoms with Crippen LogP contribution < -0.4 is 5.32 Å². The first-order valence-electron chi connectivity index (χ1n) is 6.85. The Kier molecular flexibility index (Phi) is 4.50. The molecule has 2 atom stereocenters. The van der Waals surface area contributed by atoms with Crippen LogP contribution in [0.4, 0.5) is 13.2 Å². The molecule has 1 saturated heterocycles. The highest BCUT2D eigenvalue weighted by Gasteiger charge is 2.32. The molecule has 0 bridgehead atoms. The van der Waals surface area contributed by atoms with Crippen molar-refractivity contribution in [3.63, 3.8) is 0 Å². The quantitative estimate of drug-likeness (QED) is 0.875. The fraction of sp³-hybridized carbons (Fsp3) is 0.600. The van der Waals surface area contributed by atoms with Gasteiger partial charge in [-0.2, -0.15) is 13.2 Å². The van der Waals surface area contributed by atoms with Crippen LogP contribution in [0.5, 0.6) is 0 Å². The number of piperidine rings is 1. The van der Waals surface area contributed by atoms with Crippen molar-refractivity contribution in [2.75, 3.05) is 6.54 Å². The Balaban J connectivity index is 1.99. The number of halogens is 3. The highest BCUT2D eigenvalue weighted by atomic mass is 19.4. The summed E-state index contributed by atoms with van der Waals surface area (Å²) in [5.41, 5.74) is -0.0751. The van der Waals surface area contributed by atoms with Crippen LogP contribution in [0.3, 0.4) is 0 Å². The van der Waals surface area contributed by atoms with Gasteiger partial charge in [0.25, 0.3) is 0 Å². The first kappa shape index (κ1) is 14.4. The van der Waals surface area contributed by atoms with Gasteiger partial charge < -0.3 is 5.32 Å². The smallest absolute Gasteiger partial charge is 0.314 e. The van der Waals surface area contributed by atoms with Crippen LogP contribution >= 0.6 is 0 Å². The van der Waals surface area contributed by atoms with Crippen LogP contribution in [0.25, 0.3) is 0 Å². The predicted molar refractivity (Wildman–Crippen MR) is 70.0 cm³/mol. The molecule has 4 heteroatoms. The van der Waals surface area contributed by atoms with Crippen LogP contribution in [0.1, 0.15) is 37.3 Å². The summed E-state index contributed by atoms with van der Waals surface area (Å²) in [6.07, 6.45) is -0.759. The molecule has 2 unspecified atom stereocenters. The van der Waals surface area contributed by atoms with Crippen LogP contribution in [-0.2, 0) is 12.6 Å². The van der Waals surface area contributed by atoms with Gasteiger partial charge in [0.05, 0.1) is 5.56 Å². The van der Waals surface area contributed by atoms with Crippen LogP contribution in [0.15, 0.2) is 24.3 Å². The van der Waals surface area contributed by atoms with E-state index in [9.17, 15) is 13.2 Å². The summed E-state index contributed by atoms with van der Waals surface area (Å²) in [5.74, 6) is 0.670. The fourth-order valence-electron chi connectivity index (χ4n) is 2.79. The van der Waals surface area contributed by atoms with E-state index in [-0.39, 0.29) is 0 Å². The minimum Gasteiger partial charge on any atom is -0.314 e. The second-order valence-corrected chi connectivity index (χ2v) is 5.47. The van der Waals surface area contributed by atoms with E-state index >= 15 is 0 Å². The van der Waals surface area contributed by atoms with Crippen molar-refractivity contribution in [3.8, 4) is 0 Å². The minimum absolute atomic E-state index is 0.352. The Labute approximate surface area is 112 Å². The maximum atomic E-state index is 12.9. The molecule has 1 N–H and O–H groups in total. The summed E-state index contributed by atoms with van der Waals surface area (Å²) in [5, 5.41) is 3.40. The predicted octanol–water partition coefficient (Wildman–Crippen LogP) is 4.03. The average molecular weight is 271 g/mol. The molecular formula is C15H20F3N. The van der Waals surface area contributed by atoms with Gasteiger partial charge in [-0.05, 0) is 49.8 Å². The Morgan fingerprint density at radius 3 is 2.68 bits per heavy atom. The van der Waals surface area contributed by atoms with Gasteiger partial charge in [-0.25, -0.2) is 0 Å². The molecule has 1 fully saturated rings. The molecule has 19 heavy (non-hydrogen) atoms. The summed E-state index contributed by atoms with van der Waals surface area (Å²) in [4.78, 5) is 0. The number of alkyl halides is 3. The van der Waals surface area contributed by atoms with Gasteiger partial charge in [0.2, 0.25) is 0 Å². The molecule has 0 aliphatic carbocycles. The van der Waals surface area contributed by atoms with Crippen molar-refractivity contribution in [3.05, 3.63) is 35.4 Å². The Bertz CT molecular complexity index is 414. The van der Waals surface area contributed by atoms with Crippen LogP contribution in [-0.4, -0.2) is 12.6 Å². The van der Waals surface area contributed by atoms with Crippen molar-refractivity contribution in [2.45, 2.75) is 44.8 Å². The normalized spacial score (nSPS) is 24.4. The van der Waals surface area contributed by atoms with Gasteiger partial charge in [0.15, 0.2) is 0 Å². The van der Waals surface area contributed by atoms with E-state index in [1.807, 2.05) is 0 Å². The Hall–Kier alpha value is -1.03. The monoisotopic (exact) mass is 271 g/mol. The molecule has 0 radical (unpaired) electrons. The molecule has 106 valence electrons. The number of nitrogens with one attached hydrogen (secondary N) is 1. The molecule has 1 heterocycles. The Morgan fingerprint density at radius 2 is 2.00 bits per heavy atom. The van der Waals surface area contributed by atoms with E-state index in [1.54, 1.807) is 12.1 Å². The van der Waals surface area contributed by atoms with Crippen LogP contribution in [0.2, 0.25) is 0 Å². The molecule has 0 spiro atoms. The number of rotatable bonds is 3. The third-order valence-electron chi connectivity index (χ3n) is 3.84. The molecule has 1 nitrogen and oxygen atoms in total. The third kappa shape index (κ3) is 3.96. The first-order chi connectivity index (χ1) is 8.97. The lowest BCUT2D eigenvalue weighted by Crippen LogP contribution is -2.37. The van der Waals surface area contributed by atoms with Gasteiger partial charge in [0.1, 0.15) is 0 Å². The Morgan fingerprint density at radius 1 is 1.26 bits per heavy atom. The standard InChI is InChI=1S/C15H20F3N/c1-11-8-9-19-13(10-11)7-6-12-4-2-3-5-14(12)15(16,17)18/h2-5,11,13,19H,6-10H2,1H3. The van der Waals surface area contributed by atoms with Gasteiger partial charge in [-0.15, -0.1) is 0 Å². The number of hydrogen-bond donors (Lipinski definition) is 1. The summed E-state index contributed by atoms with van der Waals surface area (Å²) < 4.78 is 38.6. The van der Waals surface area contributed by atoms with Gasteiger partial charge >= 0.3 is 6.18 Å². The maximum absolute atomic E-state index is 12.9. The molecule has 1 aromatic carbocycles. The lowest BCUT2D eigenvalue weighted by molar-refractivity contribution is -0.138. The van der Waals surface area contributed by atoms with Crippen molar-refractivity contribution >= 4 is 0 Å². The van der Waals surface area contributed by atoms with Gasteiger partial charge in [0, 0.05) is 6.04 Å². The molecule has 1 aliphatic rings. The second-order valence-electron chi connectivity index (χ2n) is 5.47. The molecule has 1 aliphatic heterocycles. The molecule has 2 rings (SSSR count). The van der Waals surface area contributed by atoms with E-state index in [0.29, 0.717) is 23.9 Å². The molecular weight excluding hydrogens is 251 g/mol. The highest BCUT2D eigenvalue weighted by molar-refractivity contribution is 5.29. The van der Waals surface area contributed by atoms with E-state index in [4.69, 9.17) is 0 Å². The summed E-state index contributed by atoms with van der Waals surface area (Å²) >= 11 is 0. The lowest BCUT2D eigenvalue weighted by atomic mass is 9.90. The minimum atomic E-state index is -4.25. The third-order valence-corrected chi connectivity index (χ3v) is 3.84. The number of benzene rings is 1. The first-order valence-corrected chi connectivity index (χ1v) is 6.85. The molecule has 0 amide bonds. The van der Waals surface area contributed by atoms with E-state index < -0.39 is 11.7 Å². The number of aryl methyl sites for hydroxylation is 1. The van der Waals surface area contributed by atoms with Gasteiger partial charge in [-0.1, -0.05) is 25.1 Å². The fourth-order valence-corrected chi connectivity index (χ4v) is 2.79. The van der Waals surface area contributed by atoms with Crippen molar-refractivity contribution in [2.24, 2.45) is 5.92 Å². The lowest BCUT2D eigenvalue weighted by Gasteiger charge is -2.28. The van der Waals surface area contributed by atoms with Crippen molar-refractivity contribution < 1.29 is 13.2 Å². The molecule has 0 aromatic heterocycles. The average Bonchev–Trinajstić information content (AvgIpc) is 2.36. The zero-order valence-electron chi connectivity index (χ0n) is 11.1. The van der Waals surface area contributed by atoms with Crippen molar-refractivity contribution in [1.82, 2.24) is 5.32 Å². The van der Waals surface area contributed by atoms with Crippen molar-refractivity contribution in [1.29, 1.82) is 0 Å². The molecule has 0 saturated carbocycles. The number of hydrogen-bond acceptors (Lipinski definition) is 1. The highest BCUT2D eigenvalue weighted by Crippen LogP contribution is 2.32. The zero-order chi connectivity index (χ0) is 13.9. The topological polar surface area (TPSA) is 12.0 Å². The summed E-state index contributed by atoms with van der Waals surface area (Å²) in [6, 6.07) is 6.25. The largest absolute Gasteiger partial charge is 0.416 e. The van der Waals surface area contributed by atoms with E-state index in [2.05, 4.69) is 12.2 Å². The summed E-state index contributed by atoms with van der Waals surface area (Å²) in [7, 11) is 0. The van der Waals surface area contributed by atoms with Crippen LogP contribution in [0, 0.1) is 5.92 Å². The van der Waals surface area contributed by atoms with E-state index in [0.717, 1.165) is 25.8 Å². The SMILES string of the molecule is CC1CCNC(CCc2ccccc2C(F)(F)F)C1. The second kappa shape index (κ2) is 5.95. The zero-order valence-corrected chi connectivity index (χ0v) is 11.1.